The van der Waals surface area contributed by atoms with Gasteiger partial charge in [-0.3, -0.25) is 4.79 Å². The van der Waals surface area contributed by atoms with E-state index in [9.17, 15) is 4.79 Å². The summed E-state index contributed by atoms with van der Waals surface area (Å²) in [5, 5.41) is 8.52. The molecule has 0 bridgehead atoms. The summed E-state index contributed by atoms with van der Waals surface area (Å²) in [6, 6.07) is 0. The zero-order valence-corrected chi connectivity index (χ0v) is 16.3. The molecule has 0 spiro atoms. The number of carboxylic acids is 1. The van der Waals surface area contributed by atoms with Gasteiger partial charge in [0.15, 0.2) is 0 Å². The maximum atomic E-state index is 10.4. The molecule has 0 fully saturated rings. The van der Waals surface area contributed by atoms with Crippen molar-refractivity contribution in [3.63, 3.8) is 0 Å². The van der Waals surface area contributed by atoms with Crippen LogP contribution in [0.4, 0.5) is 0 Å². The molecule has 0 saturated carbocycles. The van der Waals surface area contributed by atoms with Crippen molar-refractivity contribution in [2.45, 2.75) is 84.5 Å². The number of allylic oxidation sites excluding steroid dienone is 8. The van der Waals surface area contributed by atoms with E-state index in [-0.39, 0.29) is 6.42 Å². The maximum Gasteiger partial charge on any atom is 0.303 e. The summed E-state index contributed by atoms with van der Waals surface area (Å²) in [6.07, 6.45) is 28.9. The van der Waals surface area contributed by atoms with Crippen LogP contribution in [0.5, 0.6) is 0 Å². The summed E-state index contributed by atoms with van der Waals surface area (Å²) >= 11 is 0. The van der Waals surface area contributed by atoms with Crippen molar-refractivity contribution < 1.29 is 9.90 Å². The number of hydrogen-bond donors (Lipinski definition) is 1. The first-order valence-electron chi connectivity index (χ1n) is 9.98. The van der Waals surface area contributed by atoms with Gasteiger partial charge >= 0.3 is 5.97 Å². The molecule has 1 unspecified atom stereocenters. The maximum absolute atomic E-state index is 10.4. The molecule has 0 amide bonds. The predicted molar refractivity (Wildman–Crippen MR) is 110 cm³/mol. The molecule has 2 heteroatoms. The van der Waals surface area contributed by atoms with Gasteiger partial charge in [-0.15, -0.1) is 0 Å². The van der Waals surface area contributed by atoms with Crippen LogP contribution in [0.2, 0.25) is 0 Å². The molecular weight excluding hydrogens is 308 g/mol. The van der Waals surface area contributed by atoms with Gasteiger partial charge in [0.25, 0.3) is 0 Å². The van der Waals surface area contributed by atoms with E-state index in [1.54, 1.807) is 0 Å². The highest BCUT2D eigenvalue weighted by atomic mass is 16.4. The van der Waals surface area contributed by atoms with Gasteiger partial charge in [-0.1, -0.05) is 88.1 Å². The Balaban J connectivity index is 3.51. The molecule has 142 valence electrons. The second-order valence-electron chi connectivity index (χ2n) is 6.72. The van der Waals surface area contributed by atoms with E-state index in [0.717, 1.165) is 38.0 Å². The highest BCUT2D eigenvalue weighted by molar-refractivity contribution is 5.66. The lowest BCUT2D eigenvalue weighted by molar-refractivity contribution is -0.137. The molecule has 0 aromatic carbocycles. The van der Waals surface area contributed by atoms with E-state index in [4.69, 9.17) is 5.11 Å². The van der Waals surface area contributed by atoms with Crippen molar-refractivity contribution in [1.82, 2.24) is 0 Å². The number of carbonyl (C=O) groups is 1. The lowest BCUT2D eigenvalue weighted by Gasteiger charge is -2.06. The number of unbranched alkanes of at least 4 members (excludes halogenated alkanes) is 3. The summed E-state index contributed by atoms with van der Waals surface area (Å²) in [7, 11) is 0. The van der Waals surface area contributed by atoms with Crippen LogP contribution in [0.15, 0.2) is 48.6 Å². The molecule has 0 rings (SSSR count). The Labute approximate surface area is 155 Å². The Hall–Kier alpha value is -1.57. The summed E-state index contributed by atoms with van der Waals surface area (Å²) in [5.41, 5.74) is 0. The largest absolute Gasteiger partial charge is 0.481 e. The minimum atomic E-state index is -0.712. The molecular formula is C23H38O2. The van der Waals surface area contributed by atoms with Gasteiger partial charge in [-0.2, -0.15) is 0 Å². The van der Waals surface area contributed by atoms with Gasteiger partial charge in [0.1, 0.15) is 0 Å². The van der Waals surface area contributed by atoms with Crippen LogP contribution >= 0.6 is 0 Å². The van der Waals surface area contributed by atoms with E-state index < -0.39 is 5.97 Å². The van der Waals surface area contributed by atoms with Crippen LogP contribution in [0.1, 0.15) is 84.5 Å². The monoisotopic (exact) mass is 346 g/mol. The minimum absolute atomic E-state index is 0.261. The number of carboxylic acid groups (broad SMARTS) is 1. The molecule has 0 aliphatic rings. The van der Waals surface area contributed by atoms with Crippen molar-refractivity contribution in [3.05, 3.63) is 48.6 Å². The van der Waals surface area contributed by atoms with Crippen molar-refractivity contribution in [1.29, 1.82) is 0 Å². The molecule has 0 saturated heterocycles. The third-order valence-corrected chi connectivity index (χ3v) is 4.08. The molecule has 0 aromatic rings. The molecule has 0 aliphatic heterocycles. The summed E-state index contributed by atoms with van der Waals surface area (Å²) < 4.78 is 0. The van der Waals surface area contributed by atoms with Gasteiger partial charge in [0.2, 0.25) is 0 Å². The molecule has 2 nitrogen and oxygen atoms in total. The number of hydrogen-bond acceptors (Lipinski definition) is 1. The van der Waals surface area contributed by atoms with Gasteiger partial charge < -0.3 is 5.11 Å². The highest BCUT2D eigenvalue weighted by Crippen LogP contribution is 2.13. The molecule has 1 N–H and O–H groups in total. The predicted octanol–water partition coefficient (Wildman–Crippen LogP) is 7.24. The quantitative estimate of drug-likeness (QED) is 0.236. The lowest BCUT2D eigenvalue weighted by atomic mass is 10.00. The summed E-state index contributed by atoms with van der Waals surface area (Å²) in [6.45, 7) is 4.61. The summed E-state index contributed by atoms with van der Waals surface area (Å²) in [4.78, 5) is 10.4. The normalized spacial score (nSPS) is 13.7. The van der Waals surface area contributed by atoms with Gasteiger partial charge in [0.05, 0.1) is 0 Å². The Morgan fingerprint density at radius 1 is 0.840 bits per heavy atom. The molecule has 0 radical (unpaired) electrons. The molecule has 0 aliphatic carbocycles. The molecule has 25 heavy (non-hydrogen) atoms. The fraction of sp³-hybridized carbons (Fsp3) is 0.609. The van der Waals surface area contributed by atoms with E-state index >= 15 is 0 Å². The smallest absolute Gasteiger partial charge is 0.303 e. The Kier molecular flexibility index (Phi) is 17.6. The van der Waals surface area contributed by atoms with E-state index in [0.29, 0.717) is 0 Å². The summed E-state index contributed by atoms with van der Waals surface area (Å²) in [5.74, 6) is 0.100. The Morgan fingerprint density at radius 3 is 1.96 bits per heavy atom. The highest BCUT2D eigenvalue weighted by Gasteiger charge is 1.98. The Morgan fingerprint density at radius 2 is 1.40 bits per heavy atom. The number of aliphatic carboxylic acids is 1. The van der Waals surface area contributed by atoms with Crippen molar-refractivity contribution in [2.24, 2.45) is 5.92 Å². The van der Waals surface area contributed by atoms with Crippen LogP contribution in [0, 0.1) is 5.92 Å². The Bertz CT molecular complexity index is 416. The second-order valence-corrected chi connectivity index (χ2v) is 6.72. The fourth-order valence-electron chi connectivity index (χ4n) is 2.49. The van der Waals surface area contributed by atoms with Crippen LogP contribution in [-0.4, -0.2) is 11.1 Å². The third kappa shape index (κ3) is 20.4. The van der Waals surface area contributed by atoms with Crippen molar-refractivity contribution >= 4 is 5.97 Å². The molecule has 0 aromatic heterocycles. The first kappa shape index (κ1) is 23.4. The van der Waals surface area contributed by atoms with Gasteiger partial charge in [-0.25, -0.2) is 0 Å². The fourth-order valence-corrected chi connectivity index (χ4v) is 2.49. The van der Waals surface area contributed by atoms with E-state index in [2.05, 4.69) is 62.5 Å². The van der Waals surface area contributed by atoms with Crippen LogP contribution in [-0.2, 0) is 4.79 Å². The zero-order valence-electron chi connectivity index (χ0n) is 16.3. The minimum Gasteiger partial charge on any atom is -0.481 e. The van der Waals surface area contributed by atoms with E-state index in [1.165, 1.54) is 32.1 Å². The van der Waals surface area contributed by atoms with Gasteiger partial charge in [-0.05, 0) is 44.4 Å². The average Bonchev–Trinajstić information content (AvgIpc) is 2.58. The van der Waals surface area contributed by atoms with Crippen molar-refractivity contribution in [3.8, 4) is 0 Å². The molecule has 1 atom stereocenters. The van der Waals surface area contributed by atoms with Crippen LogP contribution < -0.4 is 0 Å². The second kappa shape index (κ2) is 18.8. The topological polar surface area (TPSA) is 37.3 Å². The SMILES string of the molecule is CCCCCC(C)C/C=C\C/C=C\C/C=C\C/C=C\CCCC(=O)O. The molecule has 0 heterocycles. The standard InChI is InChI=1S/C23H38O2/c1-3-4-16-19-22(2)20-17-14-12-10-8-6-5-7-9-11-13-15-18-21-23(24)25/h5,7-8,10-11,13-14,17,22H,3-4,6,9,12,15-16,18-21H2,1-2H3,(H,24,25)/b7-5-,10-8-,13-11-,17-14-. The first-order chi connectivity index (χ1) is 12.2. The van der Waals surface area contributed by atoms with E-state index in [1.807, 2.05) is 0 Å². The zero-order chi connectivity index (χ0) is 18.6. The van der Waals surface area contributed by atoms with Gasteiger partial charge in [0, 0.05) is 6.42 Å². The number of rotatable bonds is 16. The lowest BCUT2D eigenvalue weighted by Crippen LogP contribution is -1.92. The average molecular weight is 347 g/mol. The van der Waals surface area contributed by atoms with Crippen molar-refractivity contribution in [2.75, 3.05) is 0 Å². The third-order valence-electron chi connectivity index (χ3n) is 4.08. The van der Waals surface area contributed by atoms with Crippen LogP contribution in [0.3, 0.4) is 0 Å². The van der Waals surface area contributed by atoms with Crippen LogP contribution in [0.25, 0.3) is 0 Å². The first-order valence-corrected chi connectivity index (χ1v) is 9.98.